The van der Waals surface area contributed by atoms with E-state index in [0.717, 1.165) is 5.56 Å². The summed E-state index contributed by atoms with van der Waals surface area (Å²) in [5, 5.41) is 0. The molecule has 1 aliphatic rings. The molecule has 1 aliphatic heterocycles. The van der Waals surface area contributed by atoms with Gasteiger partial charge in [0, 0.05) is 31.7 Å². The van der Waals surface area contributed by atoms with Crippen LogP contribution in [0.5, 0.6) is 0 Å². The Morgan fingerprint density at radius 1 is 0.913 bits per heavy atom. The van der Waals surface area contributed by atoms with E-state index in [0.29, 0.717) is 41.0 Å². The van der Waals surface area contributed by atoms with E-state index in [9.17, 15) is 9.59 Å². The van der Waals surface area contributed by atoms with Crippen molar-refractivity contribution in [1.82, 2.24) is 9.80 Å². The quantitative estimate of drug-likeness (QED) is 0.835. The summed E-state index contributed by atoms with van der Waals surface area (Å²) >= 11 is 7.17. The number of amides is 2. The molecule has 0 aliphatic carbocycles. The van der Waals surface area contributed by atoms with Crippen molar-refractivity contribution in [1.29, 1.82) is 0 Å². The average molecular weight is 349 g/mol. The Balaban J connectivity index is 1.61. The van der Waals surface area contributed by atoms with Gasteiger partial charge in [-0.3, -0.25) is 9.59 Å². The molecule has 0 unspecified atom stereocenters. The first-order valence-electron chi connectivity index (χ1n) is 7.45. The molecule has 2 amide bonds. The van der Waals surface area contributed by atoms with Crippen LogP contribution in [0.15, 0.2) is 36.4 Å². The van der Waals surface area contributed by atoms with E-state index in [-0.39, 0.29) is 11.8 Å². The van der Waals surface area contributed by atoms with Crippen LogP contribution in [0.25, 0.3) is 0 Å². The maximum absolute atomic E-state index is 12.5. The predicted octanol–water partition coefficient (Wildman–Crippen LogP) is 3.31. The summed E-state index contributed by atoms with van der Waals surface area (Å²) in [5.41, 5.74) is 1.83. The van der Waals surface area contributed by atoms with Crippen molar-refractivity contribution in [2.75, 3.05) is 26.2 Å². The second kappa shape index (κ2) is 6.72. The number of hydrogen-bond donors (Lipinski definition) is 0. The molecule has 3 rings (SSSR count). The molecule has 0 radical (unpaired) electrons. The molecule has 1 aromatic heterocycles. The van der Waals surface area contributed by atoms with Crippen LogP contribution in [-0.2, 0) is 0 Å². The van der Waals surface area contributed by atoms with E-state index in [1.165, 1.54) is 11.3 Å². The van der Waals surface area contributed by atoms with Gasteiger partial charge in [-0.1, -0.05) is 29.3 Å². The maximum atomic E-state index is 12.5. The number of carbonyl (C=O) groups excluding carboxylic acids is 2. The van der Waals surface area contributed by atoms with Crippen LogP contribution in [0.1, 0.15) is 25.6 Å². The first-order valence-corrected chi connectivity index (χ1v) is 8.64. The monoisotopic (exact) mass is 348 g/mol. The van der Waals surface area contributed by atoms with E-state index < -0.39 is 0 Å². The fourth-order valence-electron chi connectivity index (χ4n) is 2.58. The summed E-state index contributed by atoms with van der Waals surface area (Å²) < 4.78 is 0.613. The third kappa shape index (κ3) is 3.57. The number of carbonyl (C=O) groups is 2. The van der Waals surface area contributed by atoms with Crippen molar-refractivity contribution < 1.29 is 9.59 Å². The van der Waals surface area contributed by atoms with Gasteiger partial charge in [0.1, 0.15) is 0 Å². The van der Waals surface area contributed by atoms with Crippen LogP contribution >= 0.6 is 22.9 Å². The van der Waals surface area contributed by atoms with Crippen LogP contribution in [0.2, 0.25) is 4.34 Å². The number of thiophene rings is 1. The van der Waals surface area contributed by atoms with Crippen molar-refractivity contribution >= 4 is 34.8 Å². The number of rotatable bonds is 2. The summed E-state index contributed by atoms with van der Waals surface area (Å²) in [5.74, 6) is 0.0144. The number of nitrogens with zero attached hydrogens (tertiary/aromatic N) is 2. The molecule has 0 bridgehead atoms. The van der Waals surface area contributed by atoms with Crippen molar-refractivity contribution in [2.45, 2.75) is 6.92 Å². The van der Waals surface area contributed by atoms with Gasteiger partial charge in [-0.05, 0) is 31.2 Å². The van der Waals surface area contributed by atoms with Gasteiger partial charge in [-0.15, -0.1) is 11.3 Å². The second-order valence-electron chi connectivity index (χ2n) is 5.55. The van der Waals surface area contributed by atoms with Crippen LogP contribution in [0.3, 0.4) is 0 Å². The minimum atomic E-state index is -0.00988. The molecule has 2 heterocycles. The summed E-state index contributed by atoms with van der Waals surface area (Å²) in [4.78, 5) is 29.1. The van der Waals surface area contributed by atoms with Gasteiger partial charge >= 0.3 is 0 Å². The zero-order valence-corrected chi connectivity index (χ0v) is 14.4. The number of hydrogen-bond acceptors (Lipinski definition) is 3. The Hall–Kier alpha value is -1.85. The molecule has 0 N–H and O–H groups in total. The molecule has 2 aromatic rings. The Morgan fingerprint density at radius 3 is 2.00 bits per heavy atom. The highest BCUT2D eigenvalue weighted by molar-refractivity contribution is 7.17. The average Bonchev–Trinajstić information content (AvgIpc) is 3.01. The van der Waals surface area contributed by atoms with Gasteiger partial charge in [-0.25, -0.2) is 0 Å². The number of aryl methyl sites for hydroxylation is 1. The lowest BCUT2D eigenvalue weighted by Crippen LogP contribution is -2.50. The molecule has 1 fully saturated rings. The molecular formula is C17H17ClN2O2S. The molecule has 120 valence electrons. The van der Waals surface area contributed by atoms with Crippen molar-refractivity contribution in [2.24, 2.45) is 0 Å². The standard InChI is InChI=1S/C17H17ClN2O2S/c1-12-2-4-13(5-3-12)16(21)19-8-10-20(11-9-19)17(22)14-6-7-15(18)23-14/h2-7H,8-11H2,1H3. The van der Waals surface area contributed by atoms with E-state index in [1.54, 1.807) is 21.9 Å². The van der Waals surface area contributed by atoms with Crippen LogP contribution in [0, 0.1) is 6.92 Å². The van der Waals surface area contributed by atoms with Crippen LogP contribution < -0.4 is 0 Å². The Kier molecular flexibility index (Phi) is 4.68. The van der Waals surface area contributed by atoms with Gasteiger partial charge in [0.2, 0.25) is 0 Å². The fourth-order valence-corrected chi connectivity index (χ4v) is 3.59. The summed E-state index contributed by atoms with van der Waals surface area (Å²) in [6, 6.07) is 11.1. The highest BCUT2D eigenvalue weighted by Gasteiger charge is 2.26. The second-order valence-corrected chi connectivity index (χ2v) is 7.27. The highest BCUT2D eigenvalue weighted by atomic mass is 35.5. The number of benzene rings is 1. The zero-order chi connectivity index (χ0) is 16.4. The van der Waals surface area contributed by atoms with Gasteiger partial charge < -0.3 is 9.80 Å². The first-order chi connectivity index (χ1) is 11.0. The Morgan fingerprint density at radius 2 is 1.48 bits per heavy atom. The van der Waals surface area contributed by atoms with Crippen LogP contribution in [-0.4, -0.2) is 47.8 Å². The van der Waals surface area contributed by atoms with Crippen LogP contribution in [0.4, 0.5) is 0 Å². The molecule has 0 spiro atoms. The van der Waals surface area contributed by atoms with Crippen molar-refractivity contribution in [3.63, 3.8) is 0 Å². The molecule has 1 aromatic carbocycles. The summed E-state index contributed by atoms with van der Waals surface area (Å²) in [7, 11) is 0. The summed E-state index contributed by atoms with van der Waals surface area (Å²) in [6.07, 6.45) is 0. The normalized spacial score (nSPS) is 14.9. The Bertz CT molecular complexity index is 718. The van der Waals surface area contributed by atoms with E-state index >= 15 is 0 Å². The van der Waals surface area contributed by atoms with Gasteiger partial charge in [0.05, 0.1) is 9.21 Å². The maximum Gasteiger partial charge on any atom is 0.264 e. The smallest absolute Gasteiger partial charge is 0.264 e. The molecule has 0 saturated carbocycles. The van der Waals surface area contributed by atoms with Crippen molar-refractivity contribution in [3.8, 4) is 0 Å². The molecule has 1 saturated heterocycles. The molecule has 4 nitrogen and oxygen atoms in total. The van der Waals surface area contributed by atoms with E-state index in [1.807, 2.05) is 31.2 Å². The highest BCUT2D eigenvalue weighted by Crippen LogP contribution is 2.23. The number of piperazine rings is 1. The Labute approximate surface area is 144 Å². The molecule has 0 atom stereocenters. The lowest BCUT2D eigenvalue weighted by atomic mass is 10.1. The van der Waals surface area contributed by atoms with E-state index in [2.05, 4.69) is 0 Å². The van der Waals surface area contributed by atoms with Gasteiger partial charge in [-0.2, -0.15) is 0 Å². The minimum Gasteiger partial charge on any atom is -0.335 e. The zero-order valence-electron chi connectivity index (χ0n) is 12.8. The molecular weight excluding hydrogens is 332 g/mol. The molecule has 23 heavy (non-hydrogen) atoms. The topological polar surface area (TPSA) is 40.6 Å². The third-order valence-electron chi connectivity index (χ3n) is 3.94. The third-order valence-corrected chi connectivity index (χ3v) is 5.16. The lowest BCUT2D eigenvalue weighted by molar-refractivity contribution is 0.0538. The van der Waals surface area contributed by atoms with Crippen molar-refractivity contribution in [3.05, 3.63) is 56.7 Å². The predicted molar refractivity (Wildman–Crippen MR) is 92.3 cm³/mol. The van der Waals surface area contributed by atoms with Gasteiger partial charge in [0.15, 0.2) is 0 Å². The largest absolute Gasteiger partial charge is 0.335 e. The van der Waals surface area contributed by atoms with E-state index in [4.69, 9.17) is 11.6 Å². The van der Waals surface area contributed by atoms with Gasteiger partial charge in [0.25, 0.3) is 11.8 Å². The summed E-state index contributed by atoms with van der Waals surface area (Å²) in [6.45, 7) is 4.20. The minimum absolute atomic E-state index is 0.00988. The first kappa shape index (κ1) is 16.0. The molecule has 6 heteroatoms. The lowest BCUT2D eigenvalue weighted by Gasteiger charge is -2.34. The number of halogens is 1. The fraction of sp³-hybridized carbons (Fsp3) is 0.294. The SMILES string of the molecule is Cc1ccc(C(=O)N2CCN(C(=O)c3ccc(Cl)s3)CC2)cc1.